The molecule has 0 saturated heterocycles. The van der Waals surface area contributed by atoms with Gasteiger partial charge < -0.3 is 10.1 Å². The van der Waals surface area contributed by atoms with Crippen molar-refractivity contribution in [3.05, 3.63) is 102 Å². The standard InChI is InChI=1S/C23H18N2O2S/c26-23(17-10-12-20(13-11-17)27-19-7-2-1-3-8-19)25-16-18-6-4-14-24-22(18)21-9-5-15-28-21/h1-15H,16H2,(H,25,26). The molecular formula is C23H18N2O2S. The number of hydrogen-bond donors (Lipinski definition) is 1. The van der Waals surface area contributed by atoms with E-state index in [1.54, 1.807) is 41.8 Å². The van der Waals surface area contributed by atoms with E-state index in [-0.39, 0.29) is 5.91 Å². The smallest absolute Gasteiger partial charge is 0.251 e. The van der Waals surface area contributed by atoms with Crippen LogP contribution in [0.25, 0.3) is 10.6 Å². The monoisotopic (exact) mass is 386 g/mol. The first kappa shape index (κ1) is 17.9. The lowest BCUT2D eigenvalue weighted by Gasteiger charge is -2.10. The van der Waals surface area contributed by atoms with Crippen LogP contribution in [0.5, 0.6) is 11.5 Å². The van der Waals surface area contributed by atoms with Gasteiger partial charge in [0.25, 0.3) is 5.91 Å². The number of aromatic nitrogens is 1. The number of pyridine rings is 1. The Morgan fingerprint density at radius 3 is 2.43 bits per heavy atom. The highest BCUT2D eigenvalue weighted by molar-refractivity contribution is 7.13. The van der Waals surface area contributed by atoms with Gasteiger partial charge in [-0.05, 0) is 59.5 Å². The van der Waals surface area contributed by atoms with Gasteiger partial charge in [0.15, 0.2) is 0 Å². The highest BCUT2D eigenvalue weighted by Gasteiger charge is 2.10. The Hall–Kier alpha value is -3.44. The second-order valence-electron chi connectivity index (χ2n) is 6.11. The molecule has 0 saturated carbocycles. The van der Waals surface area contributed by atoms with Crippen LogP contribution in [0.4, 0.5) is 0 Å². The van der Waals surface area contributed by atoms with Gasteiger partial charge in [0.2, 0.25) is 0 Å². The van der Waals surface area contributed by atoms with Gasteiger partial charge in [0.1, 0.15) is 11.5 Å². The average molecular weight is 386 g/mol. The molecule has 2 aromatic heterocycles. The van der Waals surface area contributed by atoms with E-state index in [1.165, 1.54) is 0 Å². The van der Waals surface area contributed by atoms with Crippen molar-refractivity contribution in [2.45, 2.75) is 6.54 Å². The molecule has 0 aliphatic carbocycles. The van der Waals surface area contributed by atoms with Crippen molar-refractivity contribution < 1.29 is 9.53 Å². The van der Waals surface area contributed by atoms with E-state index in [9.17, 15) is 4.79 Å². The molecule has 0 aliphatic heterocycles. The maximum absolute atomic E-state index is 12.5. The number of para-hydroxylation sites is 1. The van der Waals surface area contributed by atoms with Crippen molar-refractivity contribution in [3.63, 3.8) is 0 Å². The van der Waals surface area contributed by atoms with E-state index in [0.29, 0.717) is 17.9 Å². The molecular weight excluding hydrogens is 368 g/mol. The molecule has 138 valence electrons. The Kier molecular flexibility index (Phi) is 5.45. The maximum atomic E-state index is 12.5. The molecule has 28 heavy (non-hydrogen) atoms. The molecule has 4 rings (SSSR count). The molecule has 1 N–H and O–H groups in total. The summed E-state index contributed by atoms with van der Waals surface area (Å²) >= 11 is 1.63. The number of carbonyl (C=O) groups excluding carboxylic acids is 1. The predicted molar refractivity (Wildman–Crippen MR) is 112 cm³/mol. The van der Waals surface area contributed by atoms with Crippen molar-refractivity contribution in [2.75, 3.05) is 0 Å². The van der Waals surface area contributed by atoms with Crippen LogP contribution < -0.4 is 10.1 Å². The number of ether oxygens (including phenoxy) is 1. The summed E-state index contributed by atoms with van der Waals surface area (Å²) in [7, 11) is 0. The van der Waals surface area contributed by atoms with Gasteiger partial charge >= 0.3 is 0 Å². The van der Waals surface area contributed by atoms with Crippen LogP contribution in [0.15, 0.2) is 90.4 Å². The van der Waals surface area contributed by atoms with Gasteiger partial charge in [-0.1, -0.05) is 30.3 Å². The number of hydrogen-bond acceptors (Lipinski definition) is 4. The number of amides is 1. The molecule has 0 unspecified atom stereocenters. The molecule has 2 aromatic carbocycles. The molecule has 0 spiro atoms. The van der Waals surface area contributed by atoms with Crippen LogP contribution in [0.3, 0.4) is 0 Å². The van der Waals surface area contributed by atoms with Gasteiger partial charge in [-0.2, -0.15) is 0 Å². The Morgan fingerprint density at radius 2 is 1.68 bits per heavy atom. The van der Waals surface area contributed by atoms with Crippen LogP contribution >= 0.6 is 11.3 Å². The lowest BCUT2D eigenvalue weighted by atomic mass is 10.1. The predicted octanol–water partition coefficient (Wildman–Crippen LogP) is 5.53. The second kappa shape index (κ2) is 8.50. The van der Waals surface area contributed by atoms with Crippen LogP contribution in [-0.2, 0) is 6.54 Å². The van der Waals surface area contributed by atoms with Gasteiger partial charge in [-0.3, -0.25) is 9.78 Å². The Bertz CT molecular complexity index is 1050. The second-order valence-corrected chi connectivity index (χ2v) is 7.06. The molecule has 0 fully saturated rings. The number of rotatable bonds is 6. The van der Waals surface area contributed by atoms with E-state index in [0.717, 1.165) is 21.9 Å². The largest absolute Gasteiger partial charge is 0.457 e. The zero-order chi connectivity index (χ0) is 19.2. The van der Waals surface area contributed by atoms with E-state index < -0.39 is 0 Å². The summed E-state index contributed by atoms with van der Waals surface area (Å²) in [6.07, 6.45) is 1.77. The molecule has 0 aliphatic rings. The Labute approximate surface area is 167 Å². The molecule has 5 heteroatoms. The molecule has 0 atom stereocenters. The van der Waals surface area contributed by atoms with Crippen molar-refractivity contribution in [2.24, 2.45) is 0 Å². The minimum atomic E-state index is -0.132. The summed E-state index contributed by atoms with van der Waals surface area (Å²) in [5.41, 5.74) is 2.48. The van der Waals surface area contributed by atoms with Gasteiger partial charge in [-0.25, -0.2) is 0 Å². The van der Waals surface area contributed by atoms with Crippen molar-refractivity contribution in [1.82, 2.24) is 10.3 Å². The summed E-state index contributed by atoms with van der Waals surface area (Å²) < 4.78 is 5.76. The van der Waals surface area contributed by atoms with Crippen LogP contribution in [0.1, 0.15) is 15.9 Å². The number of benzene rings is 2. The number of thiophene rings is 1. The Morgan fingerprint density at radius 1 is 0.893 bits per heavy atom. The molecule has 4 aromatic rings. The summed E-state index contributed by atoms with van der Waals surface area (Å²) in [4.78, 5) is 18.1. The fraction of sp³-hybridized carbons (Fsp3) is 0.0435. The third-order valence-corrected chi connectivity index (χ3v) is 5.06. The fourth-order valence-corrected chi connectivity index (χ4v) is 3.55. The highest BCUT2D eigenvalue weighted by atomic mass is 32.1. The lowest BCUT2D eigenvalue weighted by Crippen LogP contribution is -2.23. The summed E-state index contributed by atoms with van der Waals surface area (Å²) in [5.74, 6) is 1.32. The zero-order valence-corrected chi connectivity index (χ0v) is 15.9. The Balaban J connectivity index is 1.41. The number of nitrogens with zero attached hydrogens (tertiary/aromatic N) is 1. The molecule has 0 bridgehead atoms. The lowest BCUT2D eigenvalue weighted by molar-refractivity contribution is 0.0951. The SMILES string of the molecule is O=C(NCc1cccnc1-c1cccs1)c1ccc(Oc2ccccc2)cc1. The first-order valence-electron chi connectivity index (χ1n) is 8.88. The zero-order valence-electron chi connectivity index (χ0n) is 15.0. The van der Waals surface area contributed by atoms with Gasteiger partial charge in [-0.15, -0.1) is 11.3 Å². The maximum Gasteiger partial charge on any atom is 0.251 e. The summed E-state index contributed by atoms with van der Waals surface area (Å²) in [6.45, 7) is 0.419. The third kappa shape index (κ3) is 4.27. The minimum Gasteiger partial charge on any atom is -0.457 e. The van der Waals surface area contributed by atoms with Crippen LogP contribution in [-0.4, -0.2) is 10.9 Å². The van der Waals surface area contributed by atoms with Gasteiger partial charge in [0, 0.05) is 18.3 Å². The molecule has 0 radical (unpaired) electrons. The topological polar surface area (TPSA) is 51.2 Å². The van der Waals surface area contributed by atoms with Crippen molar-refractivity contribution in [3.8, 4) is 22.1 Å². The fourth-order valence-electron chi connectivity index (χ4n) is 2.79. The van der Waals surface area contributed by atoms with E-state index >= 15 is 0 Å². The molecule has 1 amide bonds. The summed E-state index contributed by atoms with van der Waals surface area (Å²) in [6, 6.07) is 24.6. The first-order chi connectivity index (χ1) is 13.8. The number of nitrogens with one attached hydrogen (secondary N) is 1. The average Bonchev–Trinajstić information content (AvgIpc) is 3.28. The third-order valence-electron chi connectivity index (χ3n) is 4.18. The highest BCUT2D eigenvalue weighted by Crippen LogP contribution is 2.26. The van der Waals surface area contributed by atoms with E-state index in [1.807, 2.05) is 60.0 Å². The minimum absolute atomic E-state index is 0.132. The normalized spacial score (nSPS) is 10.4. The van der Waals surface area contributed by atoms with Crippen LogP contribution in [0, 0.1) is 0 Å². The van der Waals surface area contributed by atoms with E-state index in [4.69, 9.17) is 4.74 Å². The molecule has 4 nitrogen and oxygen atoms in total. The van der Waals surface area contributed by atoms with Crippen LogP contribution in [0.2, 0.25) is 0 Å². The van der Waals surface area contributed by atoms with E-state index in [2.05, 4.69) is 10.3 Å². The number of carbonyl (C=O) groups is 1. The van der Waals surface area contributed by atoms with Crippen molar-refractivity contribution >= 4 is 17.2 Å². The first-order valence-corrected chi connectivity index (χ1v) is 9.76. The molecule has 2 heterocycles. The summed E-state index contributed by atoms with van der Waals surface area (Å²) in [5, 5.41) is 4.99. The van der Waals surface area contributed by atoms with Crippen molar-refractivity contribution in [1.29, 1.82) is 0 Å². The quantitative estimate of drug-likeness (QED) is 0.474. The van der Waals surface area contributed by atoms with Gasteiger partial charge in [0.05, 0.1) is 10.6 Å².